The lowest BCUT2D eigenvalue weighted by Crippen LogP contribution is -2.55. The van der Waals surface area contributed by atoms with Crippen molar-refractivity contribution in [1.29, 1.82) is 0 Å². The highest BCUT2D eigenvalue weighted by Gasteiger charge is 2.53. The summed E-state index contributed by atoms with van der Waals surface area (Å²) in [5.41, 5.74) is 1.14. The van der Waals surface area contributed by atoms with Crippen LogP contribution in [0.2, 0.25) is 0 Å². The van der Waals surface area contributed by atoms with Crippen molar-refractivity contribution in [2.24, 2.45) is 0 Å². The molecule has 30 heavy (non-hydrogen) atoms. The van der Waals surface area contributed by atoms with E-state index in [1.165, 1.54) is 19.2 Å². The lowest BCUT2D eigenvalue weighted by molar-refractivity contribution is -0.131. The number of para-hydroxylation sites is 1. The zero-order valence-electron chi connectivity index (χ0n) is 16.7. The number of ether oxygens (including phenoxy) is 1. The van der Waals surface area contributed by atoms with Gasteiger partial charge in [-0.15, -0.1) is 0 Å². The molecule has 1 spiro atoms. The molecule has 0 bridgehead atoms. The van der Waals surface area contributed by atoms with E-state index in [-0.39, 0.29) is 29.9 Å². The Bertz CT molecular complexity index is 1000. The van der Waals surface area contributed by atoms with Gasteiger partial charge >= 0.3 is 0 Å². The topological polar surface area (TPSA) is 66.9 Å². The molecule has 2 fully saturated rings. The van der Waals surface area contributed by atoms with Gasteiger partial charge in [0, 0.05) is 32.5 Å². The molecule has 1 atom stereocenters. The fourth-order valence-corrected chi connectivity index (χ4v) is 5.97. The molecule has 2 saturated heterocycles. The Labute approximate surface area is 177 Å². The fraction of sp³-hybridized carbons (Fsp3) is 0.364. The van der Waals surface area contributed by atoms with Crippen molar-refractivity contribution >= 4 is 22.6 Å². The van der Waals surface area contributed by atoms with E-state index in [9.17, 15) is 18.2 Å². The molecule has 0 aromatic heterocycles. The number of nitrogens with zero attached hydrogens (tertiary/aromatic N) is 2. The Balaban J connectivity index is 1.53. The number of rotatable bonds is 4. The standard InChI is InChI=1S/C22H23FN2O4S/c1-29-19-8-3-2-7-18(19)21(27)24-11-9-22(10-12-24)25(20(26)15-30(22)28)14-16-5-4-6-17(23)13-16/h2-8,13H,9-12,14-15H2,1H3. The molecule has 0 N–H and O–H groups in total. The predicted molar refractivity (Wildman–Crippen MR) is 111 cm³/mol. The summed E-state index contributed by atoms with van der Waals surface area (Å²) in [6.45, 7) is 0.980. The highest BCUT2D eigenvalue weighted by Crippen LogP contribution is 2.39. The van der Waals surface area contributed by atoms with E-state index in [1.807, 2.05) is 0 Å². The van der Waals surface area contributed by atoms with Gasteiger partial charge in [-0.05, 0) is 29.8 Å². The quantitative estimate of drug-likeness (QED) is 0.748. The second kappa shape index (κ2) is 8.18. The van der Waals surface area contributed by atoms with Gasteiger partial charge in [0.2, 0.25) is 5.91 Å². The normalized spacial score (nSPS) is 20.6. The first kappa shape index (κ1) is 20.5. The summed E-state index contributed by atoms with van der Waals surface area (Å²) < 4.78 is 31.8. The lowest BCUT2D eigenvalue weighted by Gasteiger charge is -2.43. The number of hydrogen-bond donors (Lipinski definition) is 0. The van der Waals surface area contributed by atoms with Gasteiger partial charge in [0.05, 0.1) is 23.5 Å². The first-order valence-electron chi connectivity index (χ1n) is 9.80. The number of halogens is 1. The third-order valence-electron chi connectivity index (χ3n) is 5.87. The van der Waals surface area contributed by atoms with Crippen LogP contribution in [0.5, 0.6) is 5.75 Å². The number of methoxy groups -OCH3 is 1. The molecule has 8 heteroatoms. The van der Waals surface area contributed by atoms with E-state index in [2.05, 4.69) is 0 Å². The van der Waals surface area contributed by atoms with Crippen LogP contribution in [-0.4, -0.2) is 56.6 Å². The Morgan fingerprint density at radius 3 is 2.60 bits per heavy atom. The van der Waals surface area contributed by atoms with Crippen LogP contribution in [-0.2, 0) is 22.1 Å². The number of piperidine rings is 1. The predicted octanol–water partition coefficient (Wildman–Crippen LogP) is 2.56. The van der Waals surface area contributed by atoms with Gasteiger partial charge in [-0.2, -0.15) is 0 Å². The van der Waals surface area contributed by atoms with Crippen molar-refractivity contribution in [3.63, 3.8) is 0 Å². The lowest BCUT2D eigenvalue weighted by atomic mass is 10.00. The fourth-order valence-electron chi connectivity index (χ4n) is 4.27. The van der Waals surface area contributed by atoms with Crippen molar-refractivity contribution < 1.29 is 22.9 Å². The number of hydrogen-bond acceptors (Lipinski definition) is 4. The molecule has 0 radical (unpaired) electrons. The Morgan fingerprint density at radius 2 is 1.90 bits per heavy atom. The molecule has 2 amide bonds. The molecule has 2 aromatic carbocycles. The smallest absolute Gasteiger partial charge is 0.257 e. The largest absolute Gasteiger partial charge is 0.496 e. The molecule has 4 rings (SSSR count). The van der Waals surface area contributed by atoms with Gasteiger partial charge < -0.3 is 14.5 Å². The molecular weight excluding hydrogens is 407 g/mol. The SMILES string of the molecule is COc1ccccc1C(=O)N1CCC2(CC1)N(Cc1cccc(F)c1)C(=O)CS2=O. The Kier molecular flexibility index (Phi) is 5.60. The van der Waals surface area contributed by atoms with Gasteiger partial charge in [-0.1, -0.05) is 24.3 Å². The van der Waals surface area contributed by atoms with E-state index in [0.29, 0.717) is 42.8 Å². The van der Waals surface area contributed by atoms with Gasteiger partial charge in [0.1, 0.15) is 22.2 Å². The van der Waals surface area contributed by atoms with Crippen LogP contribution in [0.4, 0.5) is 4.39 Å². The van der Waals surface area contributed by atoms with Crippen molar-refractivity contribution in [3.8, 4) is 5.75 Å². The van der Waals surface area contributed by atoms with E-state index in [0.717, 1.165) is 0 Å². The Hall–Kier alpha value is -2.74. The summed E-state index contributed by atoms with van der Waals surface area (Å²) >= 11 is 0. The second-order valence-electron chi connectivity index (χ2n) is 7.54. The summed E-state index contributed by atoms with van der Waals surface area (Å²) in [6, 6.07) is 13.1. The van der Waals surface area contributed by atoms with Crippen LogP contribution in [0.1, 0.15) is 28.8 Å². The van der Waals surface area contributed by atoms with E-state index < -0.39 is 15.7 Å². The monoisotopic (exact) mass is 430 g/mol. The third-order valence-corrected chi connectivity index (χ3v) is 7.86. The molecule has 1 unspecified atom stereocenters. The molecule has 2 aliphatic rings. The van der Waals surface area contributed by atoms with E-state index in [1.54, 1.807) is 46.2 Å². The maximum atomic E-state index is 13.6. The maximum Gasteiger partial charge on any atom is 0.257 e. The van der Waals surface area contributed by atoms with Crippen molar-refractivity contribution in [2.75, 3.05) is 26.0 Å². The van der Waals surface area contributed by atoms with Gasteiger partial charge in [0.25, 0.3) is 5.91 Å². The molecule has 0 aliphatic carbocycles. The minimum Gasteiger partial charge on any atom is -0.496 e. The van der Waals surface area contributed by atoms with Crippen LogP contribution in [0.15, 0.2) is 48.5 Å². The zero-order chi connectivity index (χ0) is 21.3. The van der Waals surface area contributed by atoms with Gasteiger partial charge in [0.15, 0.2) is 0 Å². The van der Waals surface area contributed by atoms with E-state index in [4.69, 9.17) is 4.74 Å². The zero-order valence-corrected chi connectivity index (χ0v) is 17.5. The summed E-state index contributed by atoms with van der Waals surface area (Å²) in [6.07, 6.45) is 0.836. The molecule has 6 nitrogen and oxygen atoms in total. The molecule has 2 heterocycles. The average molecular weight is 431 g/mol. The van der Waals surface area contributed by atoms with Crippen LogP contribution < -0.4 is 4.74 Å². The minimum atomic E-state index is -1.37. The van der Waals surface area contributed by atoms with E-state index >= 15 is 0 Å². The number of carbonyl (C=O) groups is 2. The number of amides is 2. The van der Waals surface area contributed by atoms with Gasteiger partial charge in [-0.3, -0.25) is 13.8 Å². The summed E-state index contributed by atoms with van der Waals surface area (Å²) in [5, 5.41) is 0. The van der Waals surface area contributed by atoms with Crippen molar-refractivity contribution in [2.45, 2.75) is 24.3 Å². The molecule has 2 aliphatic heterocycles. The summed E-state index contributed by atoms with van der Waals surface area (Å²) in [4.78, 5) is 28.1. The number of carbonyl (C=O) groups excluding carboxylic acids is 2. The Morgan fingerprint density at radius 1 is 1.17 bits per heavy atom. The first-order chi connectivity index (χ1) is 14.4. The average Bonchev–Trinajstić information content (AvgIpc) is 2.97. The van der Waals surface area contributed by atoms with Crippen LogP contribution in [0.25, 0.3) is 0 Å². The molecule has 2 aromatic rings. The maximum absolute atomic E-state index is 13.6. The highest BCUT2D eigenvalue weighted by molar-refractivity contribution is 7.87. The third kappa shape index (κ3) is 3.60. The summed E-state index contributed by atoms with van der Waals surface area (Å²) in [5.74, 6) is -0.228. The highest BCUT2D eigenvalue weighted by atomic mass is 32.2. The number of likely N-dealkylation sites (tertiary alicyclic amines) is 1. The van der Waals surface area contributed by atoms with Crippen LogP contribution in [0.3, 0.4) is 0 Å². The molecule has 0 saturated carbocycles. The van der Waals surface area contributed by atoms with Crippen molar-refractivity contribution in [1.82, 2.24) is 9.80 Å². The van der Waals surface area contributed by atoms with Crippen molar-refractivity contribution in [3.05, 3.63) is 65.5 Å². The van der Waals surface area contributed by atoms with Crippen LogP contribution in [0, 0.1) is 5.82 Å². The second-order valence-corrected chi connectivity index (χ2v) is 9.28. The number of benzene rings is 2. The molecule has 158 valence electrons. The molecular formula is C22H23FN2O4S. The minimum absolute atomic E-state index is 0.0320. The first-order valence-corrected chi connectivity index (χ1v) is 11.1. The van der Waals surface area contributed by atoms with Gasteiger partial charge in [-0.25, -0.2) is 4.39 Å². The van der Waals surface area contributed by atoms with Crippen LogP contribution >= 0.6 is 0 Å². The summed E-state index contributed by atoms with van der Waals surface area (Å²) in [7, 11) is 0.157.